The smallest absolute Gasteiger partial charge is 0.237 e. The Morgan fingerprint density at radius 3 is 2.80 bits per heavy atom. The summed E-state index contributed by atoms with van der Waals surface area (Å²) >= 11 is 0. The molecule has 1 unspecified atom stereocenters. The van der Waals surface area contributed by atoms with E-state index in [0.717, 1.165) is 51.1 Å². The fourth-order valence-electron chi connectivity index (χ4n) is 3.00. The van der Waals surface area contributed by atoms with Gasteiger partial charge in [-0.15, -0.1) is 0 Å². The molecule has 0 saturated carbocycles. The number of rotatable bonds is 3. The Labute approximate surface area is 119 Å². The van der Waals surface area contributed by atoms with Crippen LogP contribution in [0.3, 0.4) is 0 Å². The Kier molecular flexibility index (Phi) is 4.16. The molecule has 0 radical (unpaired) electrons. The fraction of sp³-hybridized carbons (Fsp3) is 0.600. The number of carbonyl (C=O) groups excluding carboxylic acids is 1. The summed E-state index contributed by atoms with van der Waals surface area (Å²) in [4.78, 5) is 18.7. The largest absolute Gasteiger partial charge is 0.356 e. The van der Waals surface area contributed by atoms with Gasteiger partial charge in [-0.05, 0) is 44.4 Å². The Bertz CT molecular complexity index is 436. The van der Waals surface area contributed by atoms with E-state index in [0.29, 0.717) is 6.04 Å². The molecule has 1 atom stereocenters. The van der Waals surface area contributed by atoms with Crippen LogP contribution in [0, 0.1) is 0 Å². The van der Waals surface area contributed by atoms with Crippen molar-refractivity contribution in [1.82, 2.24) is 15.6 Å². The second kappa shape index (κ2) is 6.22. The Balaban J connectivity index is 1.47. The first-order valence-corrected chi connectivity index (χ1v) is 7.52. The molecule has 1 aromatic heterocycles. The first kappa shape index (κ1) is 13.4. The van der Waals surface area contributed by atoms with Crippen LogP contribution < -0.4 is 15.5 Å². The fourth-order valence-corrected chi connectivity index (χ4v) is 3.00. The molecule has 3 heterocycles. The summed E-state index contributed by atoms with van der Waals surface area (Å²) in [5.41, 5.74) is 0. The summed E-state index contributed by atoms with van der Waals surface area (Å²) in [5.74, 6) is 1.22. The minimum atomic E-state index is 0.0313. The third-order valence-corrected chi connectivity index (χ3v) is 4.19. The number of nitrogens with zero attached hydrogens (tertiary/aromatic N) is 2. The molecule has 2 aliphatic heterocycles. The van der Waals surface area contributed by atoms with Gasteiger partial charge < -0.3 is 15.5 Å². The highest BCUT2D eigenvalue weighted by molar-refractivity contribution is 5.82. The Morgan fingerprint density at radius 2 is 2.15 bits per heavy atom. The summed E-state index contributed by atoms with van der Waals surface area (Å²) in [5, 5.41) is 6.43. The van der Waals surface area contributed by atoms with E-state index in [-0.39, 0.29) is 11.9 Å². The van der Waals surface area contributed by atoms with Crippen LogP contribution in [0.4, 0.5) is 5.82 Å². The van der Waals surface area contributed by atoms with Crippen LogP contribution in [-0.4, -0.2) is 42.6 Å². The molecule has 5 heteroatoms. The second-order valence-electron chi connectivity index (χ2n) is 5.61. The van der Waals surface area contributed by atoms with Gasteiger partial charge in [-0.2, -0.15) is 0 Å². The average molecular weight is 274 g/mol. The molecule has 0 aliphatic carbocycles. The van der Waals surface area contributed by atoms with Gasteiger partial charge in [0.25, 0.3) is 0 Å². The lowest BCUT2D eigenvalue weighted by Gasteiger charge is -2.33. The summed E-state index contributed by atoms with van der Waals surface area (Å²) in [6, 6.07) is 6.34. The third kappa shape index (κ3) is 3.10. The van der Waals surface area contributed by atoms with Crippen molar-refractivity contribution in [3.63, 3.8) is 0 Å². The quantitative estimate of drug-likeness (QED) is 0.860. The SMILES string of the molecule is O=C(NC1CCN(c2ccccn2)CC1)C1CCCN1. The lowest BCUT2D eigenvalue weighted by atomic mass is 10.0. The minimum absolute atomic E-state index is 0.0313. The highest BCUT2D eigenvalue weighted by Gasteiger charge is 2.26. The molecule has 0 aromatic carbocycles. The zero-order valence-corrected chi connectivity index (χ0v) is 11.7. The maximum Gasteiger partial charge on any atom is 0.237 e. The number of pyridine rings is 1. The number of carbonyl (C=O) groups is 1. The molecule has 2 fully saturated rings. The Hall–Kier alpha value is -1.62. The van der Waals surface area contributed by atoms with Crippen molar-refractivity contribution in [2.45, 2.75) is 37.8 Å². The number of hydrogen-bond acceptors (Lipinski definition) is 4. The van der Waals surface area contributed by atoms with Gasteiger partial charge in [0.1, 0.15) is 5.82 Å². The average Bonchev–Trinajstić information content (AvgIpc) is 3.03. The van der Waals surface area contributed by atoms with Crippen LogP contribution in [0.15, 0.2) is 24.4 Å². The molecule has 108 valence electrons. The van der Waals surface area contributed by atoms with Gasteiger partial charge in [0, 0.05) is 25.3 Å². The maximum atomic E-state index is 12.1. The Morgan fingerprint density at radius 1 is 1.30 bits per heavy atom. The molecule has 2 saturated heterocycles. The first-order chi connectivity index (χ1) is 9.83. The molecule has 3 rings (SSSR count). The number of hydrogen-bond donors (Lipinski definition) is 2. The summed E-state index contributed by atoms with van der Waals surface area (Å²) < 4.78 is 0. The molecule has 2 aliphatic rings. The van der Waals surface area contributed by atoms with E-state index in [9.17, 15) is 4.79 Å². The second-order valence-corrected chi connectivity index (χ2v) is 5.61. The summed E-state index contributed by atoms with van der Waals surface area (Å²) in [7, 11) is 0. The number of anilines is 1. The molecule has 0 spiro atoms. The van der Waals surface area contributed by atoms with E-state index in [1.807, 2.05) is 24.4 Å². The molecular formula is C15H22N4O. The van der Waals surface area contributed by atoms with Gasteiger partial charge in [-0.1, -0.05) is 6.07 Å². The molecule has 5 nitrogen and oxygen atoms in total. The highest BCUT2D eigenvalue weighted by Crippen LogP contribution is 2.17. The molecule has 0 bridgehead atoms. The monoisotopic (exact) mass is 274 g/mol. The van der Waals surface area contributed by atoms with E-state index in [4.69, 9.17) is 0 Å². The zero-order chi connectivity index (χ0) is 13.8. The maximum absolute atomic E-state index is 12.1. The topological polar surface area (TPSA) is 57.3 Å². The third-order valence-electron chi connectivity index (χ3n) is 4.19. The molecular weight excluding hydrogens is 252 g/mol. The van der Waals surface area contributed by atoms with Crippen molar-refractivity contribution < 1.29 is 4.79 Å². The number of amides is 1. The van der Waals surface area contributed by atoms with Crippen molar-refractivity contribution in [1.29, 1.82) is 0 Å². The number of piperidine rings is 1. The van der Waals surface area contributed by atoms with Crippen LogP contribution in [0.2, 0.25) is 0 Å². The predicted octanol–water partition coefficient (Wildman–Crippen LogP) is 0.919. The van der Waals surface area contributed by atoms with Gasteiger partial charge in [0.15, 0.2) is 0 Å². The minimum Gasteiger partial charge on any atom is -0.356 e. The van der Waals surface area contributed by atoms with Gasteiger partial charge >= 0.3 is 0 Å². The van der Waals surface area contributed by atoms with E-state index in [1.165, 1.54) is 0 Å². The van der Waals surface area contributed by atoms with Crippen LogP contribution in [0.25, 0.3) is 0 Å². The first-order valence-electron chi connectivity index (χ1n) is 7.52. The lowest BCUT2D eigenvalue weighted by molar-refractivity contribution is -0.123. The van der Waals surface area contributed by atoms with E-state index < -0.39 is 0 Å². The zero-order valence-electron chi connectivity index (χ0n) is 11.7. The highest BCUT2D eigenvalue weighted by atomic mass is 16.2. The number of nitrogens with one attached hydrogen (secondary N) is 2. The molecule has 2 N–H and O–H groups in total. The van der Waals surface area contributed by atoms with Crippen LogP contribution in [0.5, 0.6) is 0 Å². The van der Waals surface area contributed by atoms with Crippen LogP contribution >= 0.6 is 0 Å². The van der Waals surface area contributed by atoms with Gasteiger partial charge in [0.2, 0.25) is 5.91 Å². The van der Waals surface area contributed by atoms with Crippen molar-refractivity contribution in [3.8, 4) is 0 Å². The lowest BCUT2D eigenvalue weighted by Crippen LogP contribution is -2.49. The van der Waals surface area contributed by atoms with Crippen molar-refractivity contribution >= 4 is 11.7 Å². The normalized spacial score (nSPS) is 23.8. The number of aromatic nitrogens is 1. The van der Waals surface area contributed by atoms with E-state index >= 15 is 0 Å². The molecule has 20 heavy (non-hydrogen) atoms. The molecule has 1 amide bonds. The summed E-state index contributed by atoms with van der Waals surface area (Å²) in [6.07, 6.45) is 5.90. The van der Waals surface area contributed by atoms with Gasteiger partial charge in [-0.3, -0.25) is 4.79 Å². The van der Waals surface area contributed by atoms with Crippen LogP contribution in [-0.2, 0) is 4.79 Å². The van der Waals surface area contributed by atoms with Crippen molar-refractivity contribution in [2.75, 3.05) is 24.5 Å². The van der Waals surface area contributed by atoms with E-state index in [2.05, 4.69) is 20.5 Å². The van der Waals surface area contributed by atoms with Gasteiger partial charge in [0.05, 0.1) is 6.04 Å². The predicted molar refractivity (Wildman–Crippen MR) is 78.6 cm³/mol. The molecule has 1 aromatic rings. The summed E-state index contributed by atoms with van der Waals surface area (Å²) in [6.45, 7) is 2.89. The van der Waals surface area contributed by atoms with Crippen LogP contribution in [0.1, 0.15) is 25.7 Å². The standard InChI is InChI=1S/C15H22N4O/c20-15(13-4-3-9-16-13)18-12-6-10-19(11-7-12)14-5-1-2-8-17-14/h1-2,5,8,12-13,16H,3-4,6-7,9-11H2,(H,18,20). The van der Waals surface area contributed by atoms with E-state index in [1.54, 1.807) is 0 Å². The van der Waals surface area contributed by atoms with Crippen molar-refractivity contribution in [2.24, 2.45) is 0 Å². The van der Waals surface area contributed by atoms with Gasteiger partial charge in [-0.25, -0.2) is 4.98 Å². The van der Waals surface area contributed by atoms with Crippen molar-refractivity contribution in [3.05, 3.63) is 24.4 Å².